The summed E-state index contributed by atoms with van der Waals surface area (Å²) >= 11 is 3.56. The number of aliphatic imine (C=N–C) groups is 1. The highest BCUT2D eigenvalue weighted by Crippen LogP contribution is 2.33. The standard InChI is InChI=1S/C21H25BrN4O3/c1-2-3-10-29-21-24-16-9-6-14(12-17(22)25-18(16)19(23)26-21)11-13-4-7-15(8-5-13)20(27)28/h4-5,7-8,14H,2-3,6,9-12H2,1H3,(H,27,28)(H2,23,24,26). The molecule has 2 heterocycles. The molecule has 0 bridgehead atoms. The number of rotatable bonds is 7. The number of ether oxygens (including phenoxy) is 1. The summed E-state index contributed by atoms with van der Waals surface area (Å²) in [6.07, 6.45) is 5.21. The van der Waals surface area contributed by atoms with E-state index in [1.807, 2.05) is 12.1 Å². The number of benzene rings is 1. The number of carbonyl (C=O) groups is 1. The predicted molar refractivity (Wildman–Crippen MR) is 116 cm³/mol. The molecular formula is C21H25BrN4O3. The van der Waals surface area contributed by atoms with Crippen LogP contribution in [-0.4, -0.2) is 32.3 Å². The molecule has 154 valence electrons. The van der Waals surface area contributed by atoms with E-state index in [-0.39, 0.29) is 0 Å². The fraction of sp³-hybridized carbons (Fsp3) is 0.429. The summed E-state index contributed by atoms with van der Waals surface area (Å²) in [5.41, 5.74) is 8.93. The lowest BCUT2D eigenvalue weighted by atomic mass is 9.90. The Morgan fingerprint density at radius 3 is 2.76 bits per heavy atom. The van der Waals surface area contributed by atoms with Crippen molar-refractivity contribution < 1.29 is 14.6 Å². The number of carboxylic acid groups (broad SMARTS) is 1. The van der Waals surface area contributed by atoms with E-state index in [1.54, 1.807) is 12.1 Å². The highest BCUT2D eigenvalue weighted by molar-refractivity contribution is 9.18. The fourth-order valence-electron chi connectivity index (χ4n) is 3.30. The van der Waals surface area contributed by atoms with Crippen LogP contribution < -0.4 is 10.5 Å². The van der Waals surface area contributed by atoms with Crippen molar-refractivity contribution in [2.45, 2.75) is 45.4 Å². The summed E-state index contributed by atoms with van der Waals surface area (Å²) in [7, 11) is 0. The number of nitrogen functional groups attached to an aromatic ring is 1. The van der Waals surface area contributed by atoms with Crippen molar-refractivity contribution in [3.8, 4) is 6.01 Å². The number of nitrogens with two attached hydrogens (primary N) is 1. The maximum atomic E-state index is 11.0. The molecule has 1 atom stereocenters. The average molecular weight is 461 g/mol. The molecule has 3 rings (SSSR count). The Bertz CT molecular complexity index is 900. The molecule has 1 aliphatic heterocycles. The Morgan fingerprint density at radius 1 is 1.31 bits per heavy atom. The molecular weight excluding hydrogens is 436 g/mol. The van der Waals surface area contributed by atoms with Crippen molar-refractivity contribution >= 4 is 38.0 Å². The molecule has 29 heavy (non-hydrogen) atoms. The van der Waals surface area contributed by atoms with Gasteiger partial charge in [-0.3, -0.25) is 0 Å². The monoisotopic (exact) mass is 460 g/mol. The van der Waals surface area contributed by atoms with Crippen molar-refractivity contribution in [2.24, 2.45) is 10.9 Å². The smallest absolute Gasteiger partial charge is 0.335 e. The molecule has 0 saturated carbocycles. The van der Waals surface area contributed by atoms with Crippen LogP contribution in [0.1, 0.15) is 54.2 Å². The van der Waals surface area contributed by atoms with Gasteiger partial charge in [0.1, 0.15) is 5.69 Å². The van der Waals surface area contributed by atoms with Gasteiger partial charge in [-0.05, 0) is 71.6 Å². The number of halogens is 1. The first-order valence-electron chi connectivity index (χ1n) is 9.80. The lowest BCUT2D eigenvalue weighted by Gasteiger charge is -2.20. The number of hydrogen-bond donors (Lipinski definition) is 2. The van der Waals surface area contributed by atoms with E-state index in [0.29, 0.717) is 35.6 Å². The number of nitrogens with zero attached hydrogens (tertiary/aromatic N) is 3. The number of hydrogen-bond acceptors (Lipinski definition) is 6. The van der Waals surface area contributed by atoms with Gasteiger partial charge >= 0.3 is 12.0 Å². The number of unbranched alkanes of at least 4 members (excludes halogenated alkanes) is 1. The van der Waals surface area contributed by atoms with Gasteiger partial charge in [0.25, 0.3) is 0 Å². The zero-order valence-corrected chi connectivity index (χ0v) is 18.0. The summed E-state index contributed by atoms with van der Waals surface area (Å²) in [4.78, 5) is 24.4. The summed E-state index contributed by atoms with van der Waals surface area (Å²) < 4.78 is 6.44. The number of carboxylic acids is 1. The second-order valence-electron chi connectivity index (χ2n) is 7.19. The summed E-state index contributed by atoms with van der Waals surface area (Å²) in [6.45, 7) is 2.66. The van der Waals surface area contributed by atoms with Gasteiger partial charge in [-0.15, -0.1) is 0 Å². The quantitative estimate of drug-likeness (QED) is 0.585. The molecule has 3 N–H and O–H groups in total. The van der Waals surface area contributed by atoms with Gasteiger partial charge in [-0.1, -0.05) is 25.5 Å². The zero-order chi connectivity index (χ0) is 20.8. The maximum absolute atomic E-state index is 11.0. The number of aromatic carboxylic acids is 1. The van der Waals surface area contributed by atoms with Crippen LogP contribution >= 0.6 is 15.9 Å². The fourth-order valence-corrected chi connectivity index (χ4v) is 3.94. The van der Waals surface area contributed by atoms with Crippen LogP contribution in [0.3, 0.4) is 0 Å². The van der Waals surface area contributed by atoms with Crippen LogP contribution in [0.15, 0.2) is 29.3 Å². The number of anilines is 1. The maximum Gasteiger partial charge on any atom is 0.335 e. The Hall–Kier alpha value is -2.48. The third kappa shape index (κ3) is 5.76. The second-order valence-corrected chi connectivity index (χ2v) is 8.11. The first-order valence-corrected chi connectivity index (χ1v) is 10.6. The largest absolute Gasteiger partial charge is 0.478 e. The molecule has 1 unspecified atom stereocenters. The van der Waals surface area contributed by atoms with E-state index in [1.165, 1.54) is 0 Å². The Morgan fingerprint density at radius 2 is 2.07 bits per heavy atom. The highest BCUT2D eigenvalue weighted by Gasteiger charge is 2.21. The molecule has 0 radical (unpaired) electrons. The molecule has 0 aliphatic carbocycles. The molecule has 0 saturated heterocycles. The minimum atomic E-state index is -0.914. The number of fused-ring (bicyclic) bond motifs is 1. The van der Waals surface area contributed by atoms with Crippen molar-refractivity contribution in [1.29, 1.82) is 0 Å². The van der Waals surface area contributed by atoms with Crippen LogP contribution in [0.4, 0.5) is 11.5 Å². The minimum Gasteiger partial charge on any atom is -0.478 e. The van der Waals surface area contributed by atoms with Crippen molar-refractivity contribution in [1.82, 2.24) is 9.97 Å². The molecule has 8 heteroatoms. The summed E-state index contributed by atoms with van der Waals surface area (Å²) in [5.74, 6) is -0.234. The summed E-state index contributed by atoms with van der Waals surface area (Å²) in [6, 6.07) is 7.35. The number of aryl methyl sites for hydroxylation is 1. The van der Waals surface area contributed by atoms with Crippen molar-refractivity contribution in [2.75, 3.05) is 12.3 Å². The van der Waals surface area contributed by atoms with E-state index < -0.39 is 5.97 Å². The minimum absolute atomic E-state index is 0.297. The van der Waals surface area contributed by atoms with Gasteiger partial charge in [-0.25, -0.2) is 9.79 Å². The lowest BCUT2D eigenvalue weighted by Crippen LogP contribution is -2.14. The zero-order valence-electron chi connectivity index (χ0n) is 16.4. The van der Waals surface area contributed by atoms with Crippen LogP contribution in [0.25, 0.3) is 0 Å². The van der Waals surface area contributed by atoms with Crippen LogP contribution in [0, 0.1) is 5.92 Å². The van der Waals surface area contributed by atoms with Crippen molar-refractivity contribution in [3.63, 3.8) is 0 Å². The van der Waals surface area contributed by atoms with E-state index >= 15 is 0 Å². The molecule has 2 aromatic rings. The molecule has 1 aromatic heterocycles. The van der Waals surface area contributed by atoms with Crippen molar-refractivity contribution in [3.05, 3.63) is 41.1 Å². The van der Waals surface area contributed by atoms with Gasteiger partial charge in [0.05, 0.1) is 22.5 Å². The Labute approximate surface area is 178 Å². The lowest BCUT2D eigenvalue weighted by molar-refractivity contribution is 0.0697. The molecule has 1 aliphatic rings. The average Bonchev–Trinajstić information content (AvgIpc) is 2.67. The Kier molecular flexibility index (Phi) is 7.19. The van der Waals surface area contributed by atoms with Gasteiger partial charge < -0.3 is 15.6 Å². The van der Waals surface area contributed by atoms with E-state index in [0.717, 1.165) is 54.4 Å². The molecule has 1 aromatic carbocycles. The topological polar surface area (TPSA) is 111 Å². The van der Waals surface area contributed by atoms with E-state index in [9.17, 15) is 4.79 Å². The first kappa shape index (κ1) is 21.2. The first-order chi connectivity index (χ1) is 14.0. The second kappa shape index (κ2) is 9.82. The van der Waals surface area contributed by atoms with E-state index in [2.05, 4.69) is 37.8 Å². The highest BCUT2D eigenvalue weighted by atomic mass is 79.9. The van der Waals surface area contributed by atoms with Crippen LogP contribution in [0.5, 0.6) is 6.01 Å². The van der Waals surface area contributed by atoms with Gasteiger partial charge in [0.15, 0.2) is 5.82 Å². The molecule has 0 fully saturated rings. The third-order valence-corrected chi connectivity index (χ3v) is 5.40. The number of aromatic nitrogens is 2. The Balaban J connectivity index is 1.75. The van der Waals surface area contributed by atoms with Gasteiger partial charge in [0.2, 0.25) is 0 Å². The van der Waals surface area contributed by atoms with Crippen LogP contribution in [0.2, 0.25) is 0 Å². The molecule has 0 spiro atoms. The van der Waals surface area contributed by atoms with E-state index in [4.69, 9.17) is 15.6 Å². The normalized spacial score (nSPS) is 16.3. The third-order valence-electron chi connectivity index (χ3n) is 4.90. The van der Waals surface area contributed by atoms with Crippen LogP contribution in [-0.2, 0) is 12.8 Å². The van der Waals surface area contributed by atoms with Gasteiger partial charge in [0, 0.05) is 0 Å². The van der Waals surface area contributed by atoms with Gasteiger partial charge in [-0.2, -0.15) is 9.97 Å². The SMILES string of the molecule is CCCCOc1nc(N)c2c(n1)CCC(Cc1ccc(C(=O)O)cc1)CC(Br)=N2. The predicted octanol–water partition coefficient (Wildman–Crippen LogP) is 4.56. The molecule has 0 amide bonds. The summed E-state index contributed by atoms with van der Waals surface area (Å²) in [5, 5.41) is 9.05. The molecule has 7 nitrogen and oxygen atoms in total.